The molecule has 26 heavy (non-hydrogen) atoms. The van der Waals surface area contributed by atoms with Gasteiger partial charge in [-0.25, -0.2) is 8.42 Å². The van der Waals surface area contributed by atoms with E-state index in [9.17, 15) is 13.2 Å². The molecule has 0 radical (unpaired) electrons. The molecule has 2 heterocycles. The zero-order valence-corrected chi connectivity index (χ0v) is 15.6. The lowest BCUT2D eigenvalue weighted by Gasteiger charge is -2.28. The molecular weight excluding hydrogens is 356 g/mol. The van der Waals surface area contributed by atoms with Crippen LogP contribution in [0.5, 0.6) is 0 Å². The molecule has 0 bridgehead atoms. The van der Waals surface area contributed by atoms with Crippen LogP contribution in [-0.2, 0) is 14.8 Å². The van der Waals surface area contributed by atoms with Gasteiger partial charge in [-0.05, 0) is 25.5 Å². The number of benzene rings is 1. The Morgan fingerprint density at radius 1 is 1.27 bits per heavy atom. The number of nitrogens with zero attached hydrogens (tertiary/aromatic N) is 4. The van der Waals surface area contributed by atoms with Gasteiger partial charge >= 0.3 is 0 Å². The van der Waals surface area contributed by atoms with E-state index in [0.29, 0.717) is 31.8 Å². The molecular formula is C17H22N4O4S. The zero-order valence-electron chi connectivity index (χ0n) is 14.8. The SMILES string of the molecule is CCC(=O)N1CCCN(S(=O)(=O)c2ccccc2)CC1c1nc(C)no1. The number of carbonyl (C=O) groups is 1. The molecule has 0 aliphatic carbocycles. The highest BCUT2D eigenvalue weighted by Gasteiger charge is 2.37. The fourth-order valence-corrected chi connectivity index (χ4v) is 4.58. The summed E-state index contributed by atoms with van der Waals surface area (Å²) in [5.41, 5.74) is 0. The highest BCUT2D eigenvalue weighted by Crippen LogP contribution is 2.28. The highest BCUT2D eigenvalue weighted by molar-refractivity contribution is 7.89. The van der Waals surface area contributed by atoms with Crippen LogP contribution in [0.2, 0.25) is 0 Å². The average molecular weight is 378 g/mol. The first kappa shape index (κ1) is 18.5. The summed E-state index contributed by atoms with van der Waals surface area (Å²) in [7, 11) is -3.67. The molecule has 140 valence electrons. The molecule has 1 aliphatic heterocycles. The predicted octanol–water partition coefficient (Wildman–Crippen LogP) is 1.75. The Morgan fingerprint density at radius 2 is 2.00 bits per heavy atom. The number of amides is 1. The Morgan fingerprint density at radius 3 is 2.62 bits per heavy atom. The Hall–Kier alpha value is -2.26. The van der Waals surface area contributed by atoms with Crippen LogP contribution in [0.15, 0.2) is 39.8 Å². The maximum absolute atomic E-state index is 13.0. The van der Waals surface area contributed by atoms with Gasteiger partial charge in [0.1, 0.15) is 6.04 Å². The van der Waals surface area contributed by atoms with Crippen LogP contribution in [0, 0.1) is 6.92 Å². The number of aryl methyl sites for hydroxylation is 1. The summed E-state index contributed by atoms with van der Waals surface area (Å²) >= 11 is 0. The van der Waals surface area contributed by atoms with Gasteiger partial charge in [-0.15, -0.1) is 0 Å². The Bertz CT molecular complexity index is 866. The first-order valence-corrected chi connectivity index (χ1v) is 10.0. The van der Waals surface area contributed by atoms with Crippen molar-refractivity contribution in [3.05, 3.63) is 42.0 Å². The van der Waals surface area contributed by atoms with Gasteiger partial charge in [0.25, 0.3) is 5.89 Å². The number of hydrogen-bond donors (Lipinski definition) is 0. The second kappa shape index (κ2) is 7.55. The molecule has 1 aliphatic rings. The Labute approximate surface area is 152 Å². The lowest BCUT2D eigenvalue weighted by molar-refractivity contribution is -0.133. The molecule has 1 unspecified atom stereocenters. The van der Waals surface area contributed by atoms with Crippen molar-refractivity contribution in [1.29, 1.82) is 0 Å². The molecule has 1 amide bonds. The van der Waals surface area contributed by atoms with E-state index in [4.69, 9.17) is 4.52 Å². The number of carbonyl (C=O) groups excluding carboxylic acids is 1. The summed E-state index contributed by atoms with van der Waals surface area (Å²) in [5, 5.41) is 3.80. The standard InChI is InChI=1S/C17H22N4O4S/c1-3-16(22)21-11-7-10-20(12-15(21)17-18-13(2)19-25-17)26(23,24)14-8-5-4-6-9-14/h4-6,8-9,15H,3,7,10-12H2,1-2H3. The number of sulfonamides is 1. The molecule has 0 saturated carbocycles. The second-order valence-electron chi connectivity index (χ2n) is 6.17. The van der Waals surface area contributed by atoms with Crippen molar-refractivity contribution in [3.63, 3.8) is 0 Å². The summed E-state index contributed by atoms with van der Waals surface area (Å²) in [6, 6.07) is 7.70. The van der Waals surface area contributed by atoms with E-state index in [1.165, 1.54) is 4.31 Å². The molecule has 0 spiro atoms. The minimum atomic E-state index is -3.67. The largest absolute Gasteiger partial charge is 0.337 e. The van der Waals surface area contributed by atoms with E-state index in [1.54, 1.807) is 49.1 Å². The maximum Gasteiger partial charge on any atom is 0.250 e. The van der Waals surface area contributed by atoms with Crippen LogP contribution in [0.3, 0.4) is 0 Å². The van der Waals surface area contributed by atoms with Gasteiger partial charge in [-0.2, -0.15) is 9.29 Å². The molecule has 8 nitrogen and oxygen atoms in total. The molecule has 1 saturated heterocycles. The first-order valence-electron chi connectivity index (χ1n) is 8.58. The fourth-order valence-electron chi connectivity index (χ4n) is 3.08. The predicted molar refractivity (Wildman–Crippen MR) is 93.6 cm³/mol. The fraction of sp³-hybridized carbons (Fsp3) is 0.471. The monoisotopic (exact) mass is 378 g/mol. The van der Waals surface area contributed by atoms with E-state index >= 15 is 0 Å². The van der Waals surface area contributed by atoms with Gasteiger partial charge in [0.15, 0.2) is 5.82 Å². The third-order valence-corrected chi connectivity index (χ3v) is 6.27. The van der Waals surface area contributed by atoms with Crippen LogP contribution >= 0.6 is 0 Å². The molecule has 0 N–H and O–H groups in total. The lowest BCUT2D eigenvalue weighted by atomic mass is 10.2. The van der Waals surface area contributed by atoms with Gasteiger partial charge < -0.3 is 9.42 Å². The number of rotatable bonds is 4. The molecule has 3 rings (SSSR count). The highest BCUT2D eigenvalue weighted by atomic mass is 32.2. The lowest BCUT2D eigenvalue weighted by Crippen LogP contribution is -2.40. The van der Waals surface area contributed by atoms with Crippen LogP contribution < -0.4 is 0 Å². The van der Waals surface area contributed by atoms with Crippen molar-refractivity contribution in [2.45, 2.75) is 37.6 Å². The van der Waals surface area contributed by atoms with E-state index in [0.717, 1.165) is 0 Å². The third kappa shape index (κ3) is 3.63. The third-order valence-electron chi connectivity index (χ3n) is 4.39. The Kier molecular flexibility index (Phi) is 5.38. The van der Waals surface area contributed by atoms with Crippen molar-refractivity contribution in [2.24, 2.45) is 0 Å². The first-order chi connectivity index (χ1) is 12.4. The zero-order chi connectivity index (χ0) is 18.7. The summed E-state index contributed by atoms with van der Waals surface area (Å²) in [5.74, 6) is 0.648. The number of aromatic nitrogens is 2. The van der Waals surface area contributed by atoms with Crippen molar-refractivity contribution in [1.82, 2.24) is 19.3 Å². The van der Waals surface area contributed by atoms with Crippen molar-refractivity contribution >= 4 is 15.9 Å². The van der Waals surface area contributed by atoms with E-state index in [-0.39, 0.29) is 23.2 Å². The van der Waals surface area contributed by atoms with E-state index < -0.39 is 16.1 Å². The molecule has 9 heteroatoms. The van der Waals surface area contributed by atoms with Crippen molar-refractivity contribution in [2.75, 3.05) is 19.6 Å². The molecule has 1 aromatic carbocycles. The topological polar surface area (TPSA) is 96.6 Å². The Balaban J connectivity index is 1.96. The van der Waals surface area contributed by atoms with Crippen molar-refractivity contribution < 1.29 is 17.7 Å². The van der Waals surface area contributed by atoms with Crippen LogP contribution in [0.25, 0.3) is 0 Å². The smallest absolute Gasteiger partial charge is 0.250 e. The summed E-state index contributed by atoms with van der Waals surface area (Å²) < 4.78 is 32.7. The normalized spacial score (nSPS) is 19.3. The van der Waals surface area contributed by atoms with Gasteiger partial charge in [-0.1, -0.05) is 30.3 Å². The minimum Gasteiger partial charge on any atom is -0.337 e. The van der Waals surface area contributed by atoms with Gasteiger partial charge in [-0.3, -0.25) is 4.79 Å². The molecule has 2 aromatic rings. The van der Waals surface area contributed by atoms with Crippen LogP contribution in [0.1, 0.15) is 37.5 Å². The second-order valence-corrected chi connectivity index (χ2v) is 8.10. The molecule has 1 aromatic heterocycles. The van der Waals surface area contributed by atoms with E-state index in [2.05, 4.69) is 10.1 Å². The van der Waals surface area contributed by atoms with E-state index in [1.807, 2.05) is 0 Å². The van der Waals surface area contributed by atoms with Gasteiger partial charge in [0.2, 0.25) is 15.9 Å². The van der Waals surface area contributed by atoms with Crippen LogP contribution in [0.4, 0.5) is 0 Å². The summed E-state index contributed by atoms with van der Waals surface area (Å²) in [6.07, 6.45) is 0.872. The summed E-state index contributed by atoms with van der Waals surface area (Å²) in [6.45, 7) is 4.33. The number of hydrogen-bond acceptors (Lipinski definition) is 6. The molecule has 1 atom stereocenters. The van der Waals surface area contributed by atoms with Crippen LogP contribution in [-0.4, -0.2) is 53.3 Å². The summed E-state index contributed by atoms with van der Waals surface area (Å²) in [4.78, 5) is 18.5. The van der Waals surface area contributed by atoms with Gasteiger partial charge in [0, 0.05) is 26.1 Å². The average Bonchev–Trinajstić information content (AvgIpc) is 2.95. The quantitative estimate of drug-likeness (QED) is 0.804. The minimum absolute atomic E-state index is 0.0650. The molecule has 1 fully saturated rings. The maximum atomic E-state index is 13.0. The van der Waals surface area contributed by atoms with Crippen molar-refractivity contribution in [3.8, 4) is 0 Å². The van der Waals surface area contributed by atoms with Gasteiger partial charge in [0.05, 0.1) is 4.90 Å².